The molecule has 0 aliphatic heterocycles. The highest BCUT2D eigenvalue weighted by atomic mass is 14.1. The molecule has 0 unspecified atom stereocenters. The van der Waals surface area contributed by atoms with Gasteiger partial charge in [0.2, 0.25) is 0 Å². The minimum absolute atomic E-state index is 1.07. The van der Waals surface area contributed by atoms with E-state index in [9.17, 15) is 0 Å². The second-order valence-electron chi connectivity index (χ2n) is 4.67. The van der Waals surface area contributed by atoms with E-state index in [0.717, 1.165) is 6.42 Å². The lowest BCUT2D eigenvalue weighted by molar-refractivity contribution is 0.815. The first-order valence-electron chi connectivity index (χ1n) is 6.06. The van der Waals surface area contributed by atoms with Gasteiger partial charge in [0.15, 0.2) is 0 Å². The molecule has 0 radical (unpaired) electrons. The Kier molecular flexibility index (Phi) is 2.49. The maximum atomic E-state index is 2.36. The molecule has 0 aromatic heterocycles. The molecule has 3 rings (SSSR count). The van der Waals surface area contributed by atoms with Gasteiger partial charge in [0.1, 0.15) is 0 Å². The monoisotopic (exact) mass is 208 g/mol. The third-order valence-electron chi connectivity index (χ3n) is 3.32. The van der Waals surface area contributed by atoms with E-state index < -0.39 is 0 Å². The third kappa shape index (κ3) is 2.01. The fourth-order valence-corrected chi connectivity index (χ4v) is 2.52. The standard InChI is InChI=1S/C16H16/c1-4-13-6-2-8-15(10-13)12-16-9-3-7-14(5-1)11-16/h2-3,6-11H,1,4-5,12H2. The minimum Gasteiger partial charge on any atom is -0.0617 e. The fraction of sp³-hybridized carbons (Fsp3) is 0.250. The van der Waals surface area contributed by atoms with Crippen LogP contribution in [0.15, 0.2) is 48.5 Å². The number of hydrogen-bond donors (Lipinski definition) is 0. The molecule has 0 saturated heterocycles. The zero-order chi connectivity index (χ0) is 10.8. The summed E-state index contributed by atoms with van der Waals surface area (Å²) < 4.78 is 0. The summed E-state index contributed by atoms with van der Waals surface area (Å²) in [6.07, 6.45) is 4.74. The Morgan fingerprint density at radius 2 is 1.12 bits per heavy atom. The Morgan fingerprint density at radius 3 is 1.69 bits per heavy atom. The van der Waals surface area contributed by atoms with Crippen molar-refractivity contribution < 1.29 is 0 Å². The van der Waals surface area contributed by atoms with Crippen LogP contribution in [0.2, 0.25) is 0 Å². The maximum absolute atomic E-state index is 2.36. The molecule has 0 heteroatoms. The topological polar surface area (TPSA) is 0 Å². The van der Waals surface area contributed by atoms with Crippen LogP contribution >= 0.6 is 0 Å². The van der Waals surface area contributed by atoms with Gasteiger partial charge >= 0.3 is 0 Å². The van der Waals surface area contributed by atoms with E-state index in [4.69, 9.17) is 0 Å². The van der Waals surface area contributed by atoms with Crippen molar-refractivity contribution in [1.29, 1.82) is 0 Å². The second-order valence-corrected chi connectivity index (χ2v) is 4.67. The lowest BCUT2D eigenvalue weighted by Crippen LogP contribution is -1.97. The molecule has 0 nitrogen and oxygen atoms in total. The molecule has 2 aromatic rings. The molecule has 1 aliphatic rings. The van der Waals surface area contributed by atoms with Gasteiger partial charge in [-0.1, -0.05) is 48.5 Å². The zero-order valence-corrected chi connectivity index (χ0v) is 9.45. The van der Waals surface area contributed by atoms with E-state index in [0.29, 0.717) is 0 Å². The average Bonchev–Trinajstić information content (AvgIpc) is 2.29. The largest absolute Gasteiger partial charge is 0.0617 e. The minimum atomic E-state index is 1.07. The first-order chi connectivity index (χ1) is 7.90. The summed E-state index contributed by atoms with van der Waals surface area (Å²) in [5.74, 6) is 0. The summed E-state index contributed by atoms with van der Waals surface area (Å²) in [5.41, 5.74) is 5.86. The van der Waals surface area contributed by atoms with Gasteiger partial charge in [0.05, 0.1) is 0 Å². The summed E-state index contributed by atoms with van der Waals surface area (Å²) in [6.45, 7) is 0. The SMILES string of the molecule is c1cc2cc(c1)Cc1cccc(c1)CCC2. The summed E-state index contributed by atoms with van der Waals surface area (Å²) in [5, 5.41) is 0. The molecule has 1 aliphatic carbocycles. The number of benzene rings is 2. The van der Waals surface area contributed by atoms with Crippen molar-refractivity contribution in [3.63, 3.8) is 0 Å². The second kappa shape index (κ2) is 4.13. The van der Waals surface area contributed by atoms with Crippen LogP contribution in [-0.4, -0.2) is 0 Å². The summed E-state index contributed by atoms with van der Waals surface area (Å²) >= 11 is 0. The van der Waals surface area contributed by atoms with Crippen LogP contribution in [0.5, 0.6) is 0 Å². The number of aryl methyl sites for hydroxylation is 2. The molecule has 80 valence electrons. The Morgan fingerprint density at radius 1 is 0.625 bits per heavy atom. The molecule has 0 heterocycles. The Hall–Kier alpha value is -1.56. The fourth-order valence-electron chi connectivity index (χ4n) is 2.52. The summed E-state index contributed by atoms with van der Waals surface area (Å²) in [6, 6.07) is 18.1. The van der Waals surface area contributed by atoms with E-state index in [1.54, 1.807) is 0 Å². The number of hydrogen-bond acceptors (Lipinski definition) is 0. The first-order valence-corrected chi connectivity index (χ1v) is 6.06. The van der Waals surface area contributed by atoms with E-state index in [-0.39, 0.29) is 0 Å². The van der Waals surface area contributed by atoms with Crippen molar-refractivity contribution in [2.45, 2.75) is 25.7 Å². The van der Waals surface area contributed by atoms with Crippen LogP contribution in [-0.2, 0) is 19.3 Å². The third-order valence-corrected chi connectivity index (χ3v) is 3.32. The Bertz CT molecular complexity index is 451. The normalized spacial score (nSPS) is 14.5. The van der Waals surface area contributed by atoms with Crippen molar-refractivity contribution in [3.05, 3.63) is 70.8 Å². The van der Waals surface area contributed by atoms with Crippen LogP contribution in [0.4, 0.5) is 0 Å². The van der Waals surface area contributed by atoms with Gasteiger partial charge in [-0.05, 0) is 47.9 Å². The molecule has 0 N–H and O–H groups in total. The van der Waals surface area contributed by atoms with Gasteiger partial charge in [-0.3, -0.25) is 0 Å². The van der Waals surface area contributed by atoms with Crippen molar-refractivity contribution in [1.82, 2.24) is 0 Å². The number of rotatable bonds is 0. The average molecular weight is 208 g/mol. The summed E-state index contributed by atoms with van der Waals surface area (Å²) in [4.78, 5) is 0. The van der Waals surface area contributed by atoms with Crippen LogP contribution in [0.3, 0.4) is 0 Å². The highest BCUT2D eigenvalue weighted by Gasteiger charge is 2.03. The molecule has 4 bridgehead atoms. The van der Waals surface area contributed by atoms with Crippen LogP contribution in [0.25, 0.3) is 0 Å². The van der Waals surface area contributed by atoms with E-state index >= 15 is 0 Å². The predicted molar refractivity (Wildman–Crippen MR) is 67.7 cm³/mol. The zero-order valence-electron chi connectivity index (χ0n) is 9.45. The smallest absolute Gasteiger partial charge is 0.00256 e. The predicted octanol–water partition coefficient (Wildman–Crippen LogP) is 3.77. The van der Waals surface area contributed by atoms with Crippen molar-refractivity contribution in [2.75, 3.05) is 0 Å². The maximum Gasteiger partial charge on any atom is -0.00256 e. The van der Waals surface area contributed by atoms with Gasteiger partial charge in [0, 0.05) is 0 Å². The molecular weight excluding hydrogens is 192 g/mol. The van der Waals surface area contributed by atoms with Crippen LogP contribution in [0, 0.1) is 0 Å². The van der Waals surface area contributed by atoms with Crippen LogP contribution < -0.4 is 0 Å². The lowest BCUT2D eigenvalue weighted by Gasteiger charge is -2.10. The molecule has 0 spiro atoms. The quantitative estimate of drug-likeness (QED) is 0.618. The van der Waals surface area contributed by atoms with Gasteiger partial charge in [-0.15, -0.1) is 0 Å². The molecule has 0 fully saturated rings. The highest BCUT2D eigenvalue weighted by molar-refractivity contribution is 5.32. The van der Waals surface area contributed by atoms with E-state index in [1.807, 2.05) is 0 Å². The van der Waals surface area contributed by atoms with E-state index in [1.165, 1.54) is 41.5 Å². The Labute approximate surface area is 96.9 Å². The van der Waals surface area contributed by atoms with Crippen LogP contribution in [0.1, 0.15) is 28.7 Å². The molecule has 0 saturated carbocycles. The lowest BCUT2D eigenvalue weighted by atomic mass is 9.95. The van der Waals surface area contributed by atoms with Crippen molar-refractivity contribution >= 4 is 0 Å². The van der Waals surface area contributed by atoms with Crippen molar-refractivity contribution in [3.8, 4) is 0 Å². The van der Waals surface area contributed by atoms with E-state index in [2.05, 4.69) is 48.5 Å². The van der Waals surface area contributed by atoms with Gasteiger partial charge in [-0.2, -0.15) is 0 Å². The van der Waals surface area contributed by atoms with Crippen molar-refractivity contribution in [2.24, 2.45) is 0 Å². The Balaban J connectivity index is 2.03. The highest BCUT2D eigenvalue weighted by Crippen LogP contribution is 2.17. The molecule has 0 atom stereocenters. The molecule has 0 amide bonds. The molecule has 16 heavy (non-hydrogen) atoms. The van der Waals surface area contributed by atoms with Gasteiger partial charge in [0.25, 0.3) is 0 Å². The summed E-state index contributed by atoms with van der Waals surface area (Å²) in [7, 11) is 0. The molecule has 2 aromatic carbocycles. The van der Waals surface area contributed by atoms with Gasteiger partial charge in [-0.25, -0.2) is 0 Å². The molecular formula is C16H16. The first kappa shape index (κ1) is 9.65. The van der Waals surface area contributed by atoms with Gasteiger partial charge < -0.3 is 0 Å². The number of fused-ring (bicyclic) bond motifs is 4.